The molecule has 1 unspecified atom stereocenters. The van der Waals surface area contributed by atoms with Crippen LogP contribution in [0.4, 0.5) is 4.79 Å². The van der Waals surface area contributed by atoms with Gasteiger partial charge in [0.2, 0.25) is 5.91 Å². The normalized spacial score (nSPS) is 23.9. The van der Waals surface area contributed by atoms with E-state index in [1.807, 2.05) is 13.8 Å². The van der Waals surface area contributed by atoms with Crippen molar-refractivity contribution in [1.82, 2.24) is 14.7 Å². The Hall–Kier alpha value is -2.09. The summed E-state index contributed by atoms with van der Waals surface area (Å²) in [6, 6.07) is -0.879. The molecule has 0 aliphatic carbocycles. The van der Waals surface area contributed by atoms with E-state index < -0.39 is 17.6 Å². The van der Waals surface area contributed by atoms with Crippen LogP contribution >= 0.6 is 0 Å². The van der Waals surface area contributed by atoms with Gasteiger partial charge in [-0.05, 0) is 18.4 Å². The molecule has 2 aliphatic heterocycles. The topological polar surface area (TPSA) is 79.4 Å². The standard InChI is InChI=1S/C17H27N3O5/c1-6-13(21)20-10-17(25-11-20)7-8-19(9-17)16(23)18(4)14(12(2)3)15(22)24-5/h6,12,14H,1,7-11H2,2-5H3/t14-,17?/m0/s1. The summed E-state index contributed by atoms with van der Waals surface area (Å²) in [6.07, 6.45) is 1.91. The number of rotatable bonds is 4. The first-order valence-corrected chi connectivity index (χ1v) is 8.39. The van der Waals surface area contributed by atoms with Crippen molar-refractivity contribution in [3.63, 3.8) is 0 Å². The van der Waals surface area contributed by atoms with Crippen molar-refractivity contribution in [3.05, 3.63) is 12.7 Å². The predicted molar refractivity (Wildman–Crippen MR) is 90.6 cm³/mol. The summed E-state index contributed by atoms with van der Waals surface area (Å²) < 4.78 is 10.7. The molecule has 3 amide bonds. The fraction of sp³-hybridized carbons (Fsp3) is 0.706. The molecule has 0 saturated carbocycles. The summed E-state index contributed by atoms with van der Waals surface area (Å²) in [7, 11) is 2.93. The van der Waals surface area contributed by atoms with Gasteiger partial charge in [-0.2, -0.15) is 0 Å². The molecule has 2 fully saturated rings. The Morgan fingerprint density at radius 1 is 1.28 bits per heavy atom. The van der Waals surface area contributed by atoms with Crippen LogP contribution in [0.3, 0.4) is 0 Å². The second-order valence-corrected chi connectivity index (χ2v) is 6.97. The molecule has 140 valence electrons. The van der Waals surface area contributed by atoms with E-state index in [9.17, 15) is 14.4 Å². The first-order chi connectivity index (χ1) is 11.7. The maximum atomic E-state index is 12.8. The lowest BCUT2D eigenvalue weighted by Crippen LogP contribution is -2.52. The summed E-state index contributed by atoms with van der Waals surface area (Å²) in [6.45, 7) is 8.79. The molecule has 1 spiro atoms. The molecule has 2 heterocycles. The Labute approximate surface area is 148 Å². The van der Waals surface area contributed by atoms with Gasteiger partial charge in [-0.25, -0.2) is 9.59 Å². The number of methoxy groups -OCH3 is 1. The maximum absolute atomic E-state index is 12.8. The molecule has 8 nitrogen and oxygen atoms in total. The number of esters is 1. The van der Waals surface area contributed by atoms with E-state index in [1.165, 1.54) is 18.1 Å². The van der Waals surface area contributed by atoms with E-state index in [-0.39, 0.29) is 24.6 Å². The third-order valence-corrected chi connectivity index (χ3v) is 4.87. The van der Waals surface area contributed by atoms with Crippen molar-refractivity contribution in [1.29, 1.82) is 0 Å². The number of carbonyl (C=O) groups excluding carboxylic acids is 3. The molecule has 0 radical (unpaired) electrons. The van der Waals surface area contributed by atoms with E-state index in [0.29, 0.717) is 26.1 Å². The number of likely N-dealkylation sites (N-methyl/N-ethyl adjacent to an activating group) is 1. The second-order valence-electron chi connectivity index (χ2n) is 6.97. The monoisotopic (exact) mass is 353 g/mol. The molecule has 0 bridgehead atoms. The minimum Gasteiger partial charge on any atom is -0.467 e. The van der Waals surface area contributed by atoms with Crippen LogP contribution in [0.2, 0.25) is 0 Å². The zero-order valence-electron chi connectivity index (χ0n) is 15.4. The average Bonchev–Trinajstić information content (AvgIpc) is 3.20. The van der Waals surface area contributed by atoms with Crippen molar-refractivity contribution in [2.45, 2.75) is 31.9 Å². The Balaban J connectivity index is 2.03. The first-order valence-electron chi connectivity index (χ1n) is 8.39. The van der Waals surface area contributed by atoms with Crippen molar-refractivity contribution in [3.8, 4) is 0 Å². The quantitative estimate of drug-likeness (QED) is 0.549. The molecule has 0 aromatic rings. The smallest absolute Gasteiger partial charge is 0.328 e. The van der Waals surface area contributed by atoms with E-state index in [0.717, 1.165) is 0 Å². The van der Waals surface area contributed by atoms with Crippen LogP contribution in [-0.2, 0) is 19.1 Å². The SMILES string of the molecule is C=CC(=O)N1COC2(CCN(C(=O)N(C)[C@H](C(=O)OC)C(C)C)C2)C1. The van der Waals surface area contributed by atoms with Crippen molar-refractivity contribution < 1.29 is 23.9 Å². The number of hydrogen-bond acceptors (Lipinski definition) is 5. The van der Waals surface area contributed by atoms with Gasteiger partial charge >= 0.3 is 12.0 Å². The third-order valence-electron chi connectivity index (χ3n) is 4.87. The van der Waals surface area contributed by atoms with Crippen LogP contribution in [-0.4, -0.2) is 84.8 Å². The van der Waals surface area contributed by atoms with Gasteiger partial charge in [0.1, 0.15) is 18.4 Å². The highest BCUT2D eigenvalue weighted by molar-refractivity contribution is 5.87. The van der Waals surface area contributed by atoms with Crippen LogP contribution in [0.5, 0.6) is 0 Å². The Kier molecular flexibility index (Phi) is 5.72. The summed E-state index contributed by atoms with van der Waals surface area (Å²) in [5.74, 6) is -0.676. The molecule has 2 saturated heterocycles. The van der Waals surface area contributed by atoms with Gasteiger partial charge < -0.3 is 24.2 Å². The maximum Gasteiger partial charge on any atom is 0.328 e. The summed E-state index contributed by atoms with van der Waals surface area (Å²) in [5, 5.41) is 0. The van der Waals surface area contributed by atoms with Gasteiger partial charge in [0, 0.05) is 13.6 Å². The fourth-order valence-electron chi connectivity index (χ4n) is 3.52. The van der Waals surface area contributed by atoms with Crippen LogP contribution in [0, 0.1) is 5.92 Å². The van der Waals surface area contributed by atoms with Gasteiger partial charge in [0.05, 0.1) is 20.2 Å². The molecule has 25 heavy (non-hydrogen) atoms. The molecule has 2 rings (SSSR count). The van der Waals surface area contributed by atoms with Crippen molar-refractivity contribution in [2.75, 3.05) is 40.5 Å². The largest absolute Gasteiger partial charge is 0.467 e. The lowest BCUT2D eigenvalue weighted by atomic mass is 10.0. The lowest BCUT2D eigenvalue weighted by Gasteiger charge is -2.32. The number of hydrogen-bond donors (Lipinski definition) is 0. The molecule has 0 N–H and O–H groups in total. The van der Waals surface area contributed by atoms with Crippen LogP contribution < -0.4 is 0 Å². The highest BCUT2D eigenvalue weighted by Gasteiger charge is 2.48. The summed E-state index contributed by atoms with van der Waals surface area (Å²) in [5.41, 5.74) is -0.534. The van der Waals surface area contributed by atoms with E-state index in [2.05, 4.69) is 6.58 Å². The molecule has 8 heteroatoms. The van der Waals surface area contributed by atoms with Gasteiger partial charge in [-0.3, -0.25) is 4.79 Å². The molecule has 0 aromatic heterocycles. The molecular weight excluding hydrogens is 326 g/mol. The molecule has 0 aromatic carbocycles. The predicted octanol–water partition coefficient (Wildman–Crippen LogP) is 0.683. The van der Waals surface area contributed by atoms with E-state index >= 15 is 0 Å². The summed E-state index contributed by atoms with van der Waals surface area (Å²) >= 11 is 0. The Bertz CT molecular complexity index is 564. The minimum atomic E-state index is -0.641. The summed E-state index contributed by atoms with van der Waals surface area (Å²) in [4.78, 5) is 41.2. The lowest BCUT2D eigenvalue weighted by molar-refractivity contribution is -0.147. The van der Waals surface area contributed by atoms with E-state index in [1.54, 1.807) is 16.8 Å². The highest BCUT2D eigenvalue weighted by Crippen LogP contribution is 2.32. The van der Waals surface area contributed by atoms with E-state index in [4.69, 9.17) is 9.47 Å². The van der Waals surface area contributed by atoms with Gasteiger partial charge in [-0.15, -0.1) is 0 Å². The number of nitrogens with zero attached hydrogens (tertiary/aromatic N) is 3. The third kappa shape index (κ3) is 3.78. The number of carbonyl (C=O) groups is 3. The fourth-order valence-corrected chi connectivity index (χ4v) is 3.52. The Morgan fingerprint density at radius 3 is 2.48 bits per heavy atom. The second kappa shape index (κ2) is 7.43. The zero-order valence-corrected chi connectivity index (χ0v) is 15.4. The van der Waals surface area contributed by atoms with Crippen LogP contribution in [0.15, 0.2) is 12.7 Å². The Morgan fingerprint density at radius 2 is 1.92 bits per heavy atom. The number of amides is 3. The highest BCUT2D eigenvalue weighted by atomic mass is 16.5. The van der Waals surface area contributed by atoms with Gasteiger partial charge in [-0.1, -0.05) is 20.4 Å². The molecule has 2 atom stereocenters. The van der Waals surface area contributed by atoms with Crippen LogP contribution in [0.25, 0.3) is 0 Å². The van der Waals surface area contributed by atoms with Gasteiger partial charge in [0.15, 0.2) is 0 Å². The van der Waals surface area contributed by atoms with Crippen LogP contribution in [0.1, 0.15) is 20.3 Å². The number of urea groups is 1. The van der Waals surface area contributed by atoms with Crippen molar-refractivity contribution in [2.24, 2.45) is 5.92 Å². The number of ether oxygens (including phenoxy) is 2. The minimum absolute atomic E-state index is 0.0681. The molecular formula is C17H27N3O5. The number of likely N-dealkylation sites (tertiary alicyclic amines) is 1. The van der Waals surface area contributed by atoms with Crippen molar-refractivity contribution >= 4 is 17.9 Å². The first kappa shape index (κ1) is 19.2. The van der Waals surface area contributed by atoms with Gasteiger partial charge in [0.25, 0.3) is 0 Å². The molecule has 2 aliphatic rings. The average molecular weight is 353 g/mol. The zero-order chi connectivity index (χ0) is 18.8.